The molecule has 2 heterocycles. The molecule has 9 aromatic carbocycles. The summed E-state index contributed by atoms with van der Waals surface area (Å²) >= 11 is 0. The Bertz CT molecular complexity index is 3260. The minimum Gasteiger partial charge on any atom is -0.309 e. The van der Waals surface area contributed by atoms with Crippen LogP contribution in [0.1, 0.15) is 0 Å². The highest BCUT2D eigenvalue weighted by Gasteiger charge is 2.24. The summed E-state index contributed by atoms with van der Waals surface area (Å²) in [7, 11) is 0. The number of aromatic nitrogens is 2. The minimum atomic E-state index is 1.17. The summed E-state index contributed by atoms with van der Waals surface area (Å²) in [6.07, 6.45) is 0. The molecule has 0 unspecified atom stereocenters. The molecule has 2 aromatic heterocycles. The molecule has 0 N–H and O–H groups in total. The molecule has 1 aliphatic rings. The van der Waals surface area contributed by atoms with Crippen molar-refractivity contribution in [2.75, 3.05) is 0 Å². The van der Waals surface area contributed by atoms with Crippen molar-refractivity contribution in [3.05, 3.63) is 182 Å². The quantitative estimate of drug-likeness (QED) is 0.179. The lowest BCUT2D eigenvalue weighted by Crippen LogP contribution is -1.95. The van der Waals surface area contributed by atoms with Gasteiger partial charge < -0.3 is 9.13 Å². The normalized spacial score (nSPS) is 12.2. The summed E-state index contributed by atoms with van der Waals surface area (Å²) < 4.78 is 4.89. The molecule has 0 fully saturated rings. The fraction of sp³-hybridized carbons (Fsp3) is 0. The van der Waals surface area contributed by atoms with Crippen molar-refractivity contribution in [2.24, 2.45) is 0 Å². The predicted octanol–water partition coefficient (Wildman–Crippen LogP) is 13.5. The number of rotatable bonds is 3. The molecular formula is C50H30N2. The van der Waals surface area contributed by atoms with E-state index in [2.05, 4.69) is 191 Å². The monoisotopic (exact) mass is 658 g/mol. The van der Waals surface area contributed by atoms with E-state index in [1.807, 2.05) is 0 Å². The van der Waals surface area contributed by atoms with E-state index in [1.165, 1.54) is 110 Å². The molecule has 12 rings (SSSR count). The highest BCUT2D eigenvalue weighted by Crippen LogP contribution is 2.49. The van der Waals surface area contributed by atoms with Gasteiger partial charge in [0.25, 0.3) is 0 Å². The van der Waals surface area contributed by atoms with Crippen LogP contribution in [0.5, 0.6) is 0 Å². The summed E-state index contributed by atoms with van der Waals surface area (Å²) in [4.78, 5) is 0. The van der Waals surface area contributed by atoms with Gasteiger partial charge in [0, 0.05) is 32.6 Å². The van der Waals surface area contributed by atoms with Gasteiger partial charge in [0.15, 0.2) is 0 Å². The number of hydrogen-bond donors (Lipinski definition) is 0. The van der Waals surface area contributed by atoms with Gasteiger partial charge in [-0.05, 0) is 110 Å². The number of benzene rings is 9. The zero-order valence-electron chi connectivity index (χ0n) is 28.2. The van der Waals surface area contributed by atoms with Crippen LogP contribution < -0.4 is 0 Å². The maximum Gasteiger partial charge on any atom is 0.0547 e. The zero-order chi connectivity index (χ0) is 33.9. The predicted molar refractivity (Wildman–Crippen MR) is 220 cm³/mol. The van der Waals surface area contributed by atoms with Crippen LogP contribution in [0.2, 0.25) is 0 Å². The lowest BCUT2D eigenvalue weighted by atomic mass is 9.99. The lowest BCUT2D eigenvalue weighted by Gasteiger charge is -2.13. The molecule has 52 heavy (non-hydrogen) atoms. The first-order valence-electron chi connectivity index (χ1n) is 18.0. The number of fused-ring (bicyclic) bond motifs is 10. The van der Waals surface area contributed by atoms with E-state index in [1.54, 1.807) is 0 Å². The van der Waals surface area contributed by atoms with Gasteiger partial charge >= 0.3 is 0 Å². The zero-order valence-corrected chi connectivity index (χ0v) is 28.2. The van der Waals surface area contributed by atoms with Crippen LogP contribution >= 0.6 is 0 Å². The van der Waals surface area contributed by atoms with Crippen molar-refractivity contribution in [3.8, 4) is 44.8 Å². The molecule has 2 heteroatoms. The molecule has 0 saturated carbocycles. The third-order valence-corrected chi connectivity index (χ3v) is 11.4. The lowest BCUT2D eigenvalue weighted by molar-refractivity contribution is 1.18. The Hall–Kier alpha value is -6.90. The largest absolute Gasteiger partial charge is 0.309 e. The van der Waals surface area contributed by atoms with E-state index in [0.717, 1.165) is 0 Å². The highest BCUT2D eigenvalue weighted by atomic mass is 15.0. The SMILES string of the molecule is c1ccc(-n2c3ccc(-c4ccc5c(c4)c4ccccc4n5-c4ccc5c6c(cccc46)-c4ccccc4-5)cc3c3cc4ccccc4cc32)cc1. The van der Waals surface area contributed by atoms with Gasteiger partial charge in [-0.1, -0.05) is 121 Å². The Kier molecular flexibility index (Phi) is 5.53. The second-order valence-corrected chi connectivity index (χ2v) is 14.1. The van der Waals surface area contributed by atoms with Gasteiger partial charge in [0.1, 0.15) is 0 Å². The Labute approximate surface area is 300 Å². The molecule has 0 atom stereocenters. The number of para-hydroxylation sites is 2. The van der Waals surface area contributed by atoms with E-state index < -0.39 is 0 Å². The molecule has 0 aliphatic heterocycles. The van der Waals surface area contributed by atoms with Crippen LogP contribution in [0.15, 0.2) is 182 Å². The van der Waals surface area contributed by atoms with Crippen molar-refractivity contribution < 1.29 is 0 Å². The third kappa shape index (κ3) is 3.73. The first-order valence-corrected chi connectivity index (χ1v) is 18.0. The molecule has 240 valence electrons. The van der Waals surface area contributed by atoms with Crippen LogP contribution in [0, 0.1) is 0 Å². The molecule has 1 aliphatic carbocycles. The van der Waals surface area contributed by atoms with Gasteiger partial charge in [0.05, 0.1) is 27.8 Å². The maximum absolute atomic E-state index is 2.47. The van der Waals surface area contributed by atoms with Crippen LogP contribution in [0.25, 0.3) is 110 Å². The van der Waals surface area contributed by atoms with E-state index in [9.17, 15) is 0 Å². The van der Waals surface area contributed by atoms with Crippen LogP contribution in [0.3, 0.4) is 0 Å². The maximum atomic E-state index is 2.47. The van der Waals surface area contributed by atoms with Crippen molar-refractivity contribution in [1.29, 1.82) is 0 Å². The fourth-order valence-corrected chi connectivity index (χ4v) is 9.14. The fourth-order valence-electron chi connectivity index (χ4n) is 9.14. The summed E-state index contributed by atoms with van der Waals surface area (Å²) in [6, 6.07) is 67.3. The van der Waals surface area contributed by atoms with Crippen LogP contribution in [-0.2, 0) is 0 Å². The van der Waals surface area contributed by atoms with E-state index in [-0.39, 0.29) is 0 Å². The Morgan fingerprint density at radius 1 is 0.288 bits per heavy atom. The van der Waals surface area contributed by atoms with Crippen molar-refractivity contribution in [2.45, 2.75) is 0 Å². The molecule has 11 aromatic rings. The second-order valence-electron chi connectivity index (χ2n) is 14.1. The standard InChI is InChI=1S/C50H30N2/c1-2-13-35(14-3-1)51-47-24-21-34(29-43(47)44-27-31-11-4-5-12-32(31)30-49(44)51)33-22-25-48-42(28-33)38-17-8-9-20-45(38)52(48)46-26-23-40-37-16-7-6-15-36(37)39-18-10-19-41(46)50(39)40/h1-30H. The van der Waals surface area contributed by atoms with E-state index >= 15 is 0 Å². The van der Waals surface area contributed by atoms with Crippen molar-refractivity contribution >= 4 is 65.2 Å². The third-order valence-electron chi connectivity index (χ3n) is 11.4. The molecule has 0 bridgehead atoms. The highest BCUT2D eigenvalue weighted by molar-refractivity contribution is 6.19. The van der Waals surface area contributed by atoms with Crippen molar-refractivity contribution in [1.82, 2.24) is 9.13 Å². The van der Waals surface area contributed by atoms with Crippen LogP contribution in [-0.4, -0.2) is 9.13 Å². The van der Waals surface area contributed by atoms with Gasteiger partial charge in [-0.15, -0.1) is 0 Å². The first-order chi connectivity index (χ1) is 25.8. The first kappa shape index (κ1) is 27.9. The molecular weight excluding hydrogens is 629 g/mol. The van der Waals surface area contributed by atoms with E-state index in [0.29, 0.717) is 0 Å². The molecule has 0 radical (unpaired) electrons. The second kappa shape index (κ2) is 10.3. The summed E-state index contributed by atoms with van der Waals surface area (Å²) in [5, 5.41) is 10.2. The Morgan fingerprint density at radius 2 is 0.846 bits per heavy atom. The molecule has 0 amide bonds. The summed E-state index contributed by atoms with van der Waals surface area (Å²) in [6.45, 7) is 0. The van der Waals surface area contributed by atoms with E-state index in [4.69, 9.17) is 0 Å². The van der Waals surface area contributed by atoms with Gasteiger partial charge in [0.2, 0.25) is 0 Å². The number of nitrogens with zero attached hydrogens (tertiary/aromatic N) is 2. The average molecular weight is 659 g/mol. The van der Waals surface area contributed by atoms with Gasteiger partial charge in [-0.25, -0.2) is 0 Å². The summed E-state index contributed by atoms with van der Waals surface area (Å²) in [5.41, 5.74) is 15.0. The number of hydrogen-bond acceptors (Lipinski definition) is 0. The smallest absolute Gasteiger partial charge is 0.0547 e. The summed E-state index contributed by atoms with van der Waals surface area (Å²) in [5.74, 6) is 0. The molecule has 0 saturated heterocycles. The Morgan fingerprint density at radius 3 is 1.63 bits per heavy atom. The van der Waals surface area contributed by atoms with Gasteiger partial charge in [-0.2, -0.15) is 0 Å². The molecule has 0 spiro atoms. The Balaban J connectivity index is 1.08. The van der Waals surface area contributed by atoms with Gasteiger partial charge in [-0.3, -0.25) is 0 Å². The average Bonchev–Trinajstić information content (AvgIpc) is 3.83. The van der Waals surface area contributed by atoms with Crippen LogP contribution in [0.4, 0.5) is 0 Å². The van der Waals surface area contributed by atoms with Crippen molar-refractivity contribution in [3.63, 3.8) is 0 Å². The topological polar surface area (TPSA) is 9.86 Å². The minimum absolute atomic E-state index is 1.17. The molecule has 2 nitrogen and oxygen atoms in total.